The molecule has 0 aliphatic carbocycles. The van der Waals surface area contributed by atoms with Gasteiger partial charge in [-0.05, 0) is 6.07 Å². The van der Waals surface area contributed by atoms with Crippen LogP contribution in [-0.4, -0.2) is 48.2 Å². The number of hydrogen-bond donors (Lipinski definition) is 2. The van der Waals surface area contributed by atoms with Crippen LogP contribution >= 0.6 is 0 Å². The molecule has 1 aliphatic heterocycles. The lowest BCUT2D eigenvalue weighted by Crippen LogP contribution is -2.44. The Labute approximate surface area is 156 Å². The molecule has 2 N–H and O–H groups in total. The van der Waals surface area contributed by atoms with Gasteiger partial charge in [0.1, 0.15) is 11.5 Å². The van der Waals surface area contributed by atoms with Crippen LogP contribution in [0.5, 0.6) is 5.75 Å². The van der Waals surface area contributed by atoms with E-state index in [1.54, 1.807) is 38.0 Å². The molecule has 8 heteroatoms. The molecule has 1 aromatic carbocycles. The Bertz CT molecular complexity index is 945. The van der Waals surface area contributed by atoms with E-state index >= 15 is 0 Å². The van der Waals surface area contributed by atoms with Gasteiger partial charge in [-0.2, -0.15) is 0 Å². The number of methoxy groups -OCH3 is 1. The molecule has 0 radical (unpaired) electrons. The number of fused-ring (bicyclic) bond motifs is 1. The Hall–Kier alpha value is -3.00. The van der Waals surface area contributed by atoms with E-state index in [4.69, 9.17) is 4.74 Å². The average Bonchev–Trinajstić information content (AvgIpc) is 2.72. The first-order valence-corrected chi connectivity index (χ1v) is 8.87. The van der Waals surface area contributed by atoms with Gasteiger partial charge in [-0.15, -0.1) is 0 Å². The van der Waals surface area contributed by atoms with Crippen molar-refractivity contribution in [2.75, 3.05) is 43.5 Å². The molecule has 0 amide bonds. The number of pyridine rings is 1. The van der Waals surface area contributed by atoms with Gasteiger partial charge in [-0.25, -0.2) is 4.39 Å². The molecule has 0 bridgehead atoms. The number of ether oxygens (including phenoxy) is 1. The summed E-state index contributed by atoms with van der Waals surface area (Å²) in [5.74, 6) is 0.391. The SMILES string of the molecule is COc1cncc(NCc2cc3nccnc3cc2F)c1N1CCNCC1. The fourth-order valence-corrected chi connectivity index (χ4v) is 3.28. The van der Waals surface area contributed by atoms with Gasteiger partial charge in [0.15, 0.2) is 5.75 Å². The van der Waals surface area contributed by atoms with Crippen LogP contribution in [0.15, 0.2) is 36.9 Å². The van der Waals surface area contributed by atoms with Crippen LogP contribution in [0.25, 0.3) is 11.0 Å². The summed E-state index contributed by atoms with van der Waals surface area (Å²) in [5, 5.41) is 6.66. The van der Waals surface area contributed by atoms with Crippen molar-refractivity contribution in [3.63, 3.8) is 0 Å². The third-order valence-electron chi connectivity index (χ3n) is 4.64. The van der Waals surface area contributed by atoms with Gasteiger partial charge >= 0.3 is 0 Å². The lowest BCUT2D eigenvalue weighted by Gasteiger charge is -2.32. The smallest absolute Gasteiger partial charge is 0.162 e. The zero-order valence-corrected chi connectivity index (χ0v) is 15.1. The first kappa shape index (κ1) is 17.4. The van der Waals surface area contributed by atoms with Crippen molar-refractivity contribution in [3.05, 3.63) is 48.3 Å². The highest BCUT2D eigenvalue weighted by Crippen LogP contribution is 2.35. The Morgan fingerprint density at radius 1 is 1.15 bits per heavy atom. The maximum absolute atomic E-state index is 14.5. The predicted octanol–water partition coefficient (Wildman–Crippen LogP) is 2.19. The first-order valence-electron chi connectivity index (χ1n) is 8.87. The van der Waals surface area contributed by atoms with E-state index < -0.39 is 0 Å². The highest BCUT2D eigenvalue weighted by atomic mass is 19.1. The van der Waals surface area contributed by atoms with Gasteiger partial charge in [-0.1, -0.05) is 0 Å². The van der Waals surface area contributed by atoms with Crippen molar-refractivity contribution in [3.8, 4) is 5.75 Å². The van der Waals surface area contributed by atoms with Crippen molar-refractivity contribution < 1.29 is 9.13 Å². The number of hydrogen-bond acceptors (Lipinski definition) is 7. The molecule has 0 atom stereocenters. The van der Waals surface area contributed by atoms with Gasteiger partial charge in [-0.3, -0.25) is 15.0 Å². The van der Waals surface area contributed by atoms with Gasteiger partial charge < -0.3 is 20.3 Å². The van der Waals surface area contributed by atoms with E-state index in [0.717, 1.165) is 37.6 Å². The lowest BCUT2D eigenvalue weighted by molar-refractivity contribution is 0.411. The number of nitrogens with zero attached hydrogens (tertiary/aromatic N) is 4. The lowest BCUT2D eigenvalue weighted by atomic mass is 10.1. The van der Waals surface area contributed by atoms with E-state index in [9.17, 15) is 4.39 Å². The van der Waals surface area contributed by atoms with Crippen LogP contribution in [0.4, 0.5) is 15.8 Å². The fraction of sp³-hybridized carbons (Fsp3) is 0.316. The molecule has 4 rings (SSSR count). The van der Waals surface area contributed by atoms with E-state index in [2.05, 4.69) is 30.5 Å². The molecule has 1 fully saturated rings. The minimum absolute atomic E-state index is 0.310. The molecule has 0 saturated carbocycles. The van der Waals surface area contributed by atoms with Gasteiger partial charge in [0.25, 0.3) is 0 Å². The van der Waals surface area contributed by atoms with Crippen LogP contribution < -0.4 is 20.3 Å². The summed E-state index contributed by atoms with van der Waals surface area (Å²) in [7, 11) is 1.63. The molecule has 1 aliphatic rings. The largest absolute Gasteiger partial charge is 0.493 e. The number of halogens is 1. The summed E-state index contributed by atoms with van der Waals surface area (Å²) in [6, 6.07) is 3.14. The minimum Gasteiger partial charge on any atom is -0.493 e. The second-order valence-electron chi connectivity index (χ2n) is 6.32. The van der Waals surface area contributed by atoms with Crippen molar-refractivity contribution in [2.24, 2.45) is 0 Å². The molecular weight excluding hydrogens is 347 g/mol. The van der Waals surface area contributed by atoms with Crippen LogP contribution in [0, 0.1) is 5.82 Å². The third kappa shape index (κ3) is 3.61. The third-order valence-corrected chi connectivity index (χ3v) is 4.64. The summed E-state index contributed by atoms with van der Waals surface area (Å²) in [6.45, 7) is 3.86. The highest BCUT2D eigenvalue weighted by molar-refractivity contribution is 5.77. The molecular formula is C19H21FN6O. The molecule has 7 nitrogen and oxygen atoms in total. The van der Waals surface area contributed by atoms with Crippen LogP contribution in [0.3, 0.4) is 0 Å². The molecule has 0 unspecified atom stereocenters. The topological polar surface area (TPSA) is 75.2 Å². The van der Waals surface area contributed by atoms with Crippen molar-refractivity contribution in [2.45, 2.75) is 6.54 Å². The summed E-state index contributed by atoms with van der Waals surface area (Å²) in [5.41, 5.74) is 3.51. The number of aromatic nitrogens is 3. The molecule has 0 spiro atoms. The first-order chi connectivity index (χ1) is 13.3. The minimum atomic E-state index is -0.310. The second-order valence-corrected chi connectivity index (χ2v) is 6.32. The molecule has 3 heterocycles. The van der Waals surface area contributed by atoms with Crippen LogP contribution in [0.1, 0.15) is 5.56 Å². The van der Waals surface area contributed by atoms with E-state index in [1.807, 2.05) is 0 Å². The van der Waals surface area contributed by atoms with E-state index in [1.165, 1.54) is 6.07 Å². The normalized spacial score (nSPS) is 14.4. The number of piperazine rings is 1. The molecule has 140 valence electrons. The Kier molecular flexibility index (Phi) is 4.97. The van der Waals surface area contributed by atoms with Gasteiger partial charge in [0.05, 0.1) is 36.2 Å². The van der Waals surface area contributed by atoms with Crippen molar-refractivity contribution in [1.29, 1.82) is 0 Å². The van der Waals surface area contributed by atoms with Crippen molar-refractivity contribution in [1.82, 2.24) is 20.3 Å². The second kappa shape index (κ2) is 7.71. The summed E-state index contributed by atoms with van der Waals surface area (Å²) >= 11 is 0. The Balaban J connectivity index is 1.62. The number of benzene rings is 1. The maximum atomic E-state index is 14.5. The van der Waals surface area contributed by atoms with Gasteiger partial charge in [0, 0.05) is 56.7 Å². The van der Waals surface area contributed by atoms with E-state index in [0.29, 0.717) is 28.9 Å². The molecule has 27 heavy (non-hydrogen) atoms. The maximum Gasteiger partial charge on any atom is 0.162 e. The fourth-order valence-electron chi connectivity index (χ4n) is 3.28. The molecule has 2 aromatic heterocycles. The number of nitrogens with one attached hydrogen (secondary N) is 2. The summed E-state index contributed by atoms with van der Waals surface area (Å²) < 4.78 is 20.0. The molecule has 1 saturated heterocycles. The molecule has 3 aromatic rings. The summed E-state index contributed by atoms with van der Waals surface area (Å²) in [4.78, 5) is 14.9. The predicted molar refractivity (Wildman–Crippen MR) is 103 cm³/mol. The standard InChI is InChI=1S/C19H21FN6O/c1-27-18-12-22-11-17(19(18)26-6-4-21-5-7-26)25-10-13-8-15-16(9-14(13)20)24-3-2-23-15/h2-3,8-9,11-12,21,25H,4-7,10H2,1H3. The van der Waals surface area contributed by atoms with Crippen molar-refractivity contribution >= 4 is 22.4 Å². The zero-order chi connectivity index (χ0) is 18.6. The quantitative estimate of drug-likeness (QED) is 0.715. The average molecular weight is 368 g/mol. The van der Waals surface area contributed by atoms with Gasteiger partial charge in [0.2, 0.25) is 0 Å². The number of anilines is 2. The van der Waals surface area contributed by atoms with Crippen LogP contribution in [0.2, 0.25) is 0 Å². The summed E-state index contributed by atoms with van der Waals surface area (Å²) in [6.07, 6.45) is 6.61. The number of rotatable bonds is 5. The van der Waals surface area contributed by atoms with E-state index in [-0.39, 0.29) is 5.82 Å². The monoisotopic (exact) mass is 368 g/mol. The Morgan fingerprint density at radius 3 is 2.63 bits per heavy atom. The highest BCUT2D eigenvalue weighted by Gasteiger charge is 2.19. The Morgan fingerprint density at radius 2 is 1.89 bits per heavy atom. The van der Waals surface area contributed by atoms with Crippen LogP contribution in [-0.2, 0) is 6.54 Å². The zero-order valence-electron chi connectivity index (χ0n) is 15.1.